The molecule has 0 amide bonds. The fraction of sp³-hybridized carbons (Fsp3) is 0.364. The van der Waals surface area contributed by atoms with E-state index in [9.17, 15) is 8.78 Å². The maximum absolute atomic E-state index is 12.5. The minimum absolute atomic E-state index is 0.0596. The lowest BCUT2D eigenvalue weighted by molar-refractivity contribution is 0.151. The third kappa shape index (κ3) is 2.08. The topological polar surface area (TPSA) is 23.8 Å². The number of halogens is 2. The van der Waals surface area contributed by atoms with E-state index in [0.29, 0.717) is 0 Å². The summed E-state index contributed by atoms with van der Waals surface area (Å²) < 4.78 is 25.0. The van der Waals surface area contributed by atoms with Crippen LogP contribution in [0.15, 0.2) is 18.2 Å². The molecule has 0 atom stereocenters. The maximum atomic E-state index is 12.5. The summed E-state index contributed by atoms with van der Waals surface area (Å²) in [6.45, 7) is 3.85. The van der Waals surface area contributed by atoms with Gasteiger partial charge < -0.3 is 0 Å². The number of alkyl halides is 2. The molecule has 14 heavy (non-hydrogen) atoms. The van der Waals surface area contributed by atoms with E-state index in [4.69, 9.17) is 5.26 Å². The van der Waals surface area contributed by atoms with Crippen molar-refractivity contribution in [2.75, 3.05) is 0 Å². The largest absolute Gasteiger partial charge is 0.265 e. The first-order valence-electron chi connectivity index (χ1n) is 4.38. The molecule has 0 aliphatic carbocycles. The van der Waals surface area contributed by atoms with Crippen LogP contribution in [-0.4, -0.2) is 0 Å². The van der Waals surface area contributed by atoms with Crippen LogP contribution in [0.2, 0.25) is 0 Å². The van der Waals surface area contributed by atoms with Gasteiger partial charge in [0.05, 0.1) is 11.6 Å². The molecular formula is C11H11F2N. The molecule has 1 aromatic rings. The molecule has 0 radical (unpaired) electrons. The molecule has 0 N–H and O–H groups in total. The minimum atomic E-state index is -2.58. The van der Waals surface area contributed by atoms with Gasteiger partial charge in [0.1, 0.15) is 0 Å². The van der Waals surface area contributed by atoms with E-state index in [-0.39, 0.29) is 17.0 Å². The molecule has 1 rings (SSSR count). The molecule has 0 bridgehead atoms. The molecule has 0 aliphatic rings. The summed E-state index contributed by atoms with van der Waals surface area (Å²) in [7, 11) is 0. The highest BCUT2D eigenvalue weighted by molar-refractivity contribution is 5.41. The zero-order chi connectivity index (χ0) is 10.7. The van der Waals surface area contributed by atoms with Crippen LogP contribution in [0, 0.1) is 11.3 Å². The molecule has 0 fully saturated rings. The zero-order valence-electron chi connectivity index (χ0n) is 8.09. The summed E-state index contributed by atoms with van der Waals surface area (Å²) in [6, 6.07) is 6.35. The van der Waals surface area contributed by atoms with Crippen LogP contribution in [0.1, 0.15) is 42.9 Å². The van der Waals surface area contributed by atoms with Gasteiger partial charge in [0.15, 0.2) is 0 Å². The van der Waals surface area contributed by atoms with E-state index in [1.807, 2.05) is 13.8 Å². The molecule has 3 heteroatoms. The second-order valence-electron chi connectivity index (χ2n) is 3.41. The SMILES string of the molecule is CC(C)c1ccc(C#N)c(C(F)F)c1. The summed E-state index contributed by atoms with van der Waals surface area (Å²) in [4.78, 5) is 0. The van der Waals surface area contributed by atoms with E-state index in [1.54, 1.807) is 12.1 Å². The van der Waals surface area contributed by atoms with Gasteiger partial charge >= 0.3 is 0 Å². The van der Waals surface area contributed by atoms with Crippen molar-refractivity contribution in [1.29, 1.82) is 5.26 Å². The Balaban J connectivity index is 3.23. The van der Waals surface area contributed by atoms with Crippen molar-refractivity contribution in [3.8, 4) is 6.07 Å². The summed E-state index contributed by atoms with van der Waals surface area (Å²) in [5.41, 5.74) is 0.724. The van der Waals surface area contributed by atoms with Crippen LogP contribution in [0.5, 0.6) is 0 Å². The number of hydrogen-bond donors (Lipinski definition) is 0. The van der Waals surface area contributed by atoms with Crippen molar-refractivity contribution < 1.29 is 8.78 Å². The Morgan fingerprint density at radius 2 is 1.93 bits per heavy atom. The zero-order valence-corrected chi connectivity index (χ0v) is 8.09. The molecule has 0 saturated carbocycles. The summed E-state index contributed by atoms with van der Waals surface area (Å²) in [5, 5.41) is 8.61. The van der Waals surface area contributed by atoms with E-state index < -0.39 is 6.43 Å². The molecule has 0 heterocycles. The Hall–Kier alpha value is -1.43. The lowest BCUT2D eigenvalue weighted by Gasteiger charge is -2.08. The number of hydrogen-bond acceptors (Lipinski definition) is 1. The van der Waals surface area contributed by atoms with Gasteiger partial charge in [0.2, 0.25) is 0 Å². The van der Waals surface area contributed by atoms with Crippen molar-refractivity contribution >= 4 is 0 Å². The van der Waals surface area contributed by atoms with Gasteiger partial charge in [-0.3, -0.25) is 0 Å². The van der Waals surface area contributed by atoms with Crippen LogP contribution >= 0.6 is 0 Å². The fourth-order valence-electron chi connectivity index (χ4n) is 1.22. The highest BCUT2D eigenvalue weighted by Gasteiger charge is 2.14. The molecule has 0 aliphatic heterocycles. The van der Waals surface area contributed by atoms with Crippen LogP contribution in [0.3, 0.4) is 0 Å². The standard InChI is InChI=1S/C11H11F2N/c1-7(2)8-3-4-9(6-14)10(5-8)11(12)13/h3-5,7,11H,1-2H3. The van der Waals surface area contributed by atoms with Crippen molar-refractivity contribution in [3.05, 3.63) is 34.9 Å². The van der Waals surface area contributed by atoms with Gasteiger partial charge in [-0.25, -0.2) is 8.78 Å². The van der Waals surface area contributed by atoms with Crippen LogP contribution in [0.25, 0.3) is 0 Å². The van der Waals surface area contributed by atoms with Crippen LogP contribution in [-0.2, 0) is 0 Å². The highest BCUT2D eigenvalue weighted by Crippen LogP contribution is 2.26. The Morgan fingerprint density at radius 3 is 2.36 bits per heavy atom. The minimum Gasteiger partial charge on any atom is -0.205 e. The molecular weight excluding hydrogens is 184 g/mol. The Morgan fingerprint density at radius 1 is 1.29 bits per heavy atom. The van der Waals surface area contributed by atoms with Gasteiger partial charge in [0, 0.05) is 5.56 Å². The second kappa shape index (κ2) is 4.19. The number of benzene rings is 1. The van der Waals surface area contributed by atoms with E-state index in [0.717, 1.165) is 5.56 Å². The van der Waals surface area contributed by atoms with E-state index in [1.165, 1.54) is 12.1 Å². The van der Waals surface area contributed by atoms with Gasteiger partial charge in [-0.2, -0.15) is 5.26 Å². The third-order valence-electron chi connectivity index (χ3n) is 2.10. The summed E-state index contributed by atoms with van der Waals surface area (Å²) in [6.07, 6.45) is -2.58. The van der Waals surface area contributed by atoms with Gasteiger partial charge in [0.25, 0.3) is 6.43 Å². The highest BCUT2D eigenvalue weighted by atomic mass is 19.3. The molecule has 0 spiro atoms. The van der Waals surface area contributed by atoms with Gasteiger partial charge in [-0.05, 0) is 23.6 Å². The normalized spacial score (nSPS) is 10.6. The molecule has 1 nitrogen and oxygen atoms in total. The monoisotopic (exact) mass is 195 g/mol. The average molecular weight is 195 g/mol. The van der Waals surface area contributed by atoms with Crippen LogP contribution < -0.4 is 0 Å². The lowest BCUT2D eigenvalue weighted by atomic mass is 9.98. The number of rotatable bonds is 2. The van der Waals surface area contributed by atoms with Crippen LogP contribution in [0.4, 0.5) is 8.78 Å². The predicted octanol–water partition coefficient (Wildman–Crippen LogP) is 3.62. The molecule has 0 aromatic heterocycles. The number of nitriles is 1. The summed E-state index contributed by atoms with van der Waals surface area (Å²) in [5.74, 6) is 0.195. The Bertz CT molecular complexity index is 364. The lowest BCUT2D eigenvalue weighted by Crippen LogP contribution is -1.95. The van der Waals surface area contributed by atoms with Gasteiger partial charge in [-0.1, -0.05) is 19.9 Å². The maximum Gasteiger partial charge on any atom is 0.265 e. The molecule has 1 aromatic carbocycles. The van der Waals surface area contributed by atoms with Crippen molar-refractivity contribution in [2.24, 2.45) is 0 Å². The first kappa shape index (κ1) is 10.6. The molecule has 0 saturated heterocycles. The van der Waals surface area contributed by atoms with E-state index >= 15 is 0 Å². The Labute approximate surface area is 82.0 Å². The van der Waals surface area contributed by atoms with Gasteiger partial charge in [-0.15, -0.1) is 0 Å². The molecule has 74 valence electrons. The number of nitrogens with zero attached hydrogens (tertiary/aromatic N) is 1. The second-order valence-corrected chi connectivity index (χ2v) is 3.41. The average Bonchev–Trinajstić information content (AvgIpc) is 2.16. The first-order valence-corrected chi connectivity index (χ1v) is 4.38. The smallest absolute Gasteiger partial charge is 0.205 e. The van der Waals surface area contributed by atoms with E-state index in [2.05, 4.69) is 0 Å². The van der Waals surface area contributed by atoms with Crippen molar-refractivity contribution in [1.82, 2.24) is 0 Å². The fourth-order valence-corrected chi connectivity index (χ4v) is 1.22. The quantitative estimate of drug-likeness (QED) is 0.707. The summed E-state index contributed by atoms with van der Waals surface area (Å²) >= 11 is 0. The molecule has 0 unspecified atom stereocenters. The predicted molar refractivity (Wildman–Crippen MR) is 50.2 cm³/mol. The Kier molecular flexibility index (Phi) is 3.19. The third-order valence-corrected chi connectivity index (χ3v) is 2.10. The van der Waals surface area contributed by atoms with Crippen molar-refractivity contribution in [2.45, 2.75) is 26.2 Å². The van der Waals surface area contributed by atoms with Crippen molar-refractivity contribution in [3.63, 3.8) is 0 Å². The first-order chi connectivity index (χ1) is 6.56.